The highest BCUT2D eigenvalue weighted by Crippen LogP contribution is 2.20. The second-order valence-corrected chi connectivity index (χ2v) is 4.49. The van der Waals surface area contributed by atoms with Crippen molar-refractivity contribution in [2.45, 2.75) is 32.4 Å². The maximum atomic E-state index is 9.32. The summed E-state index contributed by atoms with van der Waals surface area (Å²) in [5.41, 5.74) is 3.28. The Morgan fingerprint density at radius 1 is 1.35 bits per heavy atom. The van der Waals surface area contributed by atoms with Crippen molar-refractivity contribution in [1.29, 1.82) is 0 Å². The first-order chi connectivity index (χ1) is 7.79. The Kier molecular flexibility index (Phi) is 5.75. The van der Waals surface area contributed by atoms with E-state index in [1.165, 1.54) is 5.56 Å². The third-order valence-electron chi connectivity index (χ3n) is 3.13. The van der Waals surface area contributed by atoms with Gasteiger partial charge in [-0.3, -0.25) is 0 Å². The van der Waals surface area contributed by atoms with Crippen LogP contribution in [-0.2, 0) is 6.61 Å². The molecule has 0 aliphatic carbocycles. The monoisotopic (exact) mass is 256 g/mol. The van der Waals surface area contributed by atoms with Crippen molar-refractivity contribution < 1.29 is 5.11 Å². The molecule has 0 atom stereocenters. The molecule has 17 heavy (non-hydrogen) atoms. The summed E-state index contributed by atoms with van der Waals surface area (Å²) in [5.74, 6) is 0. The number of aryl methyl sites for hydroxylation is 1. The van der Waals surface area contributed by atoms with E-state index in [4.69, 9.17) is 0 Å². The van der Waals surface area contributed by atoms with Gasteiger partial charge >= 0.3 is 0 Å². The van der Waals surface area contributed by atoms with E-state index >= 15 is 0 Å². The number of aliphatic hydroxyl groups excluding tert-OH is 1. The van der Waals surface area contributed by atoms with Gasteiger partial charge in [-0.1, -0.05) is 17.7 Å². The average molecular weight is 257 g/mol. The second-order valence-electron chi connectivity index (χ2n) is 4.49. The third-order valence-corrected chi connectivity index (χ3v) is 3.13. The summed E-state index contributed by atoms with van der Waals surface area (Å²) in [4.78, 5) is 0. The van der Waals surface area contributed by atoms with Gasteiger partial charge in [0.2, 0.25) is 0 Å². The molecular formula is C13H21ClN2O. The predicted octanol–water partition coefficient (Wildman–Crippen LogP) is 2.07. The SMILES string of the molecule is Cc1ccc(NC2CCNCC2)c(CO)c1.Cl. The molecule has 1 aliphatic heterocycles. The standard InChI is InChI=1S/C13H20N2O.ClH/c1-10-2-3-13(11(8-10)9-16)15-12-4-6-14-7-5-12;/h2-3,8,12,14-16H,4-7,9H2,1H3;1H. The zero-order valence-electron chi connectivity index (χ0n) is 10.2. The van der Waals surface area contributed by atoms with Crippen LogP contribution in [0, 0.1) is 6.92 Å². The second kappa shape index (κ2) is 6.84. The third kappa shape index (κ3) is 3.87. The molecule has 96 valence electrons. The number of benzene rings is 1. The lowest BCUT2D eigenvalue weighted by Crippen LogP contribution is -2.35. The average Bonchev–Trinajstić information content (AvgIpc) is 2.33. The first-order valence-corrected chi connectivity index (χ1v) is 5.97. The van der Waals surface area contributed by atoms with Gasteiger partial charge in [-0.2, -0.15) is 0 Å². The van der Waals surface area contributed by atoms with Crippen LogP contribution >= 0.6 is 12.4 Å². The summed E-state index contributed by atoms with van der Waals surface area (Å²) in [6.45, 7) is 4.32. The quantitative estimate of drug-likeness (QED) is 0.776. The Balaban J connectivity index is 0.00000144. The predicted molar refractivity (Wildman–Crippen MR) is 73.9 cm³/mol. The Hall–Kier alpha value is -0.770. The first-order valence-electron chi connectivity index (χ1n) is 5.97. The van der Waals surface area contributed by atoms with Gasteiger partial charge in [-0.25, -0.2) is 0 Å². The molecule has 1 aromatic carbocycles. The summed E-state index contributed by atoms with van der Waals surface area (Å²) in [6.07, 6.45) is 2.30. The van der Waals surface area contributed by atoms with E-state index in [-0.39, 0.29) is 19.0 Å². The number of hydrogen-bond acceptors (Lipinski definition) is 3. The van der Waals surface area contributed by atoms with Crippen molar-refractivity contribution in [3.05, 3.63) is 29.3 Å². The number of anilines is 1. The van der Waals surface area contributed by atoms with Crippen molar-refractivity contribution in [1.82, 2.24) is 5.32 Å². The fourth-order valence-corrected chi connectivity index (χ4v) is 2.18. The number of nitrogens with one attached hydrogen (secondary N) is 2. The number of aliphatic hydroxyl groups is 1. The Morgan fingerprint density at radius 3 is 2.71 bits per heavy atom. The summed E-state index contributed by atoms with van der Waals surface area (Å²) < 4.78 is 0. The smallest absolute Gasteiger partial charge is 0.0702 e. The molecule has 1 fully saturated rings. The topological polar surface area (TPSA) is 44.3 Å². The zero-order valence-corrected chi connectivity index (χ0v) is 11.0. The molecule has 2 rings (SSSR count). The van der Waals surface area contributed by atoms with Gasteiger partial charge in [0.25, 0.3) is 0 Å². The molecule has 0 spiro atoms. The molecule has 1 aromatic rings. The lowest BCUT2D eigenvalue weighted by Gasteiger charge is -2.25. The summed E-state index contributed by atoms with van der Waals surface area (Å²) in [6, 6.07) is 6.74. The molecule has 3 N–H and O–H groups in total. The lowest BCUT2D eigenvalue weighted by atomic mass is 10.0. The van der Waals surface area contributed by atoms with Crippen molar-refractivity contribution in [2.75, 3.05) is 18.4 Å². The van der Waals surface area contributed by atoms with Gasteiger partial charge in [-0.15, -0.1) is 12.4 Å². The maximum Gasteiger partial charge on any atom is 0.0702 e. The van der Waals surface area contributed by atoms with Crippen LogP contribution in [0.4, 0.5) is 5.69 Å². The van der Waals surface area contributed by atoms with E-state index in [0.29, 0.717) is 6.04 Å². The summed E-state index contributed by atoms with van der Waals surface area (Å²) >= 11 is 0. The molecule has 0 radical (unpaired) electrons. The van der Waals surface area contributed by atoms with Crippen LogP contribution < -0.4 is 10.6 Å². The summed E-state index contributed by atoms with van der Waals surface area (Å²) in [5, 5.41) is 16.2. The fraction of sp³-hybridized carbons (Fsp3) is 0.538. The van der Waals surface area contributed by atoms with E-state index in [1.807, 2.05) is 13.0 Å². The Labute approximate surface area is 109 Å². The van der Waals surface area contributed by atoms with Gasteiger partial charge in [0.1, 0.15) is 0 Å². The van der Waals surface area contributed by atoms with E-state index < -0.39 is 0 Å². The molecule has 0 saturated carbocycles. The van der Waals surface area contributed by atoms with Gasteiger partial charge < -0.3 is 15.7 Å². The van der Waals surface area contributed by atoms with Crippen molar-refractivity contribution in [3.63, 3.8) is 0 Å². The minimum absolute atomic E-state index is 0. The largest absolute Gasteiger partial charge is 0.392 e. The molecule has 1 heterocycles. The van der Waals surface area contributed by atoms with Crippen molar-refractivity contribution >= 4 is 18.1 Å². The Morgan fingerprint density at radius 2 is 2.06 bits per heavy atom. The van der Waals surface area contributed by atoms with Gasteiger partial charge in [0, 0.05) is 17.3 Å². The molecule has 0 unspecified atom stereocenters. The molecule has 0 bridgehead atoms. The van der Waals surface area contributed by atoms with Crippen LogP contribution in [0.1, 0.15) is 24.0 Å². The molecule has 4 heteroatoms. The van der Waals surface area contributed by atoms with Crippen molar-refractivity contribution in [3.8, 4) is 0 Å². The van der Waals surface area contributed by atoms with Gasteiger partial charge in [0.05, 0.1) is 6.61 Å². The van der Waals surface area contributed by atoms with Crippen LogP contribution in [0.15, 0.2) is 18.2 Å². The number of hydrogen-bond donors (Lipinski definition) is 3. The van der Waals surface area contributed by atoms with Gasteiger partial charge in [0.15, 0.2) is 0 Å². The normalized spacial score (nSPS) is 16.4. The fourth-order valence-electron chi connectivity index (χ4n) is 2.18. The number of rotatable bonds is 3. The molecule has 1 aliphatic rings. The minimum atomic E-state index is 0. The van der Waals surface area contributed by atoms with Crippen LogP contribution in [0.2, 0.25) is 0 Å². The van der Waals surface area contributed by atoms with E-state index in [1.54, 1.807) is 0 Å². The highest BCUT2D eigenvalue weighted by atomic mass is 35.5. The maximum absolute atomic E-state index is 9.32. The van der Waals surface area contributed by atoms with Crippen LogP contribution in [-0.4, -0.2) is 24.2 Å². The zero-order chi connectivity index (χ0) is 11.4. The lowest BCUT2D eigenvalue weighted by molar-refractivity contribution is 0.282. The highest BCUT2D eigenvalue weighted by molar-refractivity contribution is 5.85. The molecule has 1 saturated heterocycles. The van der Waals surface area contributed by atoms with Crippen LogP contribution in [0.5, 0.6) is 0 Å². The highest BCUT2D eigenvalue weighted by Gasteiger charge is 2.13. The van der Waals surface area contributed by atoms with Crippen LogP contribution in [0.25, 0.3) is 0 Å². The van der Waals surface area contributed by atoms with E-state index in [9.17, 15) is 5.11 Å². The first kappa shape index (κ1) is 14.3. The summed E-state index contributed by atoms with van der Waals surface area (Å²) in [7, 11) is 0. The van der Waals surface area contributed by atoms with E-state index in [2.05, 4.69) is 22.8 Å². The minimum Gasteiger partial charge on any atom is -0.392 e. The molecule has 0 aromatic heterocycles. The number of piperidine rings is 1. The molecule has 0 amide bonds. The van der Waals surface area contributed by atoms with Gasteiger partial charge in [-0.05, 0) is 38.9 Å². The van der Waals surface area contributed by atoms with E-state index in [0.717, 1.165) is 37.2 Å². The molecular weight excluding hydrogens is 236 g/mol. The Bertz CT molecular complexity index is 351. The number of halogens is 1. The molecule has 3 nitrogen and oxygen atoms in total. The van der Waals surface area contributed by atoms with Crippen LogP contribution in [0.3, 0.4) is 0 Å². The van der Waals surface area contributed by atoms with Crippen molar-refractivity contribution in [2.24, 2.45) is 0 Å².